The summed E-state index contributed by atoms with van der Waals surface area (Å²) < 4.78 is 46.6. The summed E-state index contributed by atoms with van der Waals surface area (Å²) in [5, 5.41) is 6.24. The van der Waals surface area contributed by atoms with Gasteiger partial charge in [-0.05, 0) is 6.07 Å². The topological polar surface area (TPSA) is 109 Å². The van der Waals surface area contributed by atoms with E-state index < -0.39 is 25.6 Å². The molecule has 0 unspecified atom stereocenters. The van der Waals surface area contributed by atoms with Crippen LogP contribution in [0.3, 0.4) is 0 Å². The van der Waals surface area contributed by atoms with Gasteiger partial charge in [0.2, 0.25) is 10.0 Å². The number of sulfonamides is 1. The zero-order chi connectivity index (χ0) is 12.2. The van der Waals surface area contributed by atoms with Crippen LogP contribution in [0.15, 0.2) is 12.3 Å². The van der Waals surface area contributed by atoms with E-state index in [0.717, 1.165) is 6.26 Å². The van der Waals surface area contributed by atoms with Gasteiger partial charge in [0, 0.05) is 12.5 Å². The number of hydrogen-bond donors (Lipinski definition) is 2. The Kier molecular flexibility index (Phi) is 4.05. The van der Waals surface area contributed by atoms with Crippen molar-refractivity contribution < 1.29 is 16.8 Å². The molecule has 0 radical (unpaired) electrons. The Morgan fingerprint density at radius 3 is 2.50 bits per heavy atom. The minimum atomic E-state index is -3.57. The first-order valence-corrected chi connectivity index (χ1v) is 8.13. The molecule has 16 heavy (non-hydrogen) atoms. The van der Waals surface area contributed by atoms with Gasteiger partial charge in [-0.2, -0.15) is 5.10 Å². The molecule has 0 saturated heterocycles. The fourth-order valence-corrected chi connectivity index (χ4v) is 3.51. The average molecular weight is 267 g/mol. The summed E-state index contributed by atoms with van der Waals surface area (Å²) in [6, 6.07) is 1.62. The van der Waals surface area contributed by atoms with Gasteiger partial charge >= 0.3 is 0 Å². The van der Waals surface area contributed by atoms with Crippen LogP contribution in [0.2, 0.25) is 0 Å². The maximum Gasteiger partial charge on any atom is 0.212 e. The second-order valence-corrected chi connectivity index (χ2v) is 7.54. The zero-order valence-corrected chi connectivity index (χ0v) is 10.3. The number of H-pyrrole nitrogens is 1. The molecule has 0 aliphatic heterocycles. The first kappa shape index (κ1) is 13.1. The van der Waals surface area contributed by atoms with Gasteiger partial charge in [-0.25, -0.2) is 21.6 Å². The van der Waals surface area contributed by atoms with E-state index in [0.29, 0.717) is 5.69 Å². The van der Waals surface area contributed by atoms with Crippen LogP contribution in [0.4, 0.5) is 0 Å². The van der Waals surface area contributed by atoms with Crippen LogP contribution in [0.5, 0.6) is 0 Å². The Morgan fingerprint density at radius 2 is 2.00 bits per heavy atom. The predicted molar refractivity (Wildman–Crippen MR) is 58.9 cm³/mol. The summed E-state index contributed by atoms with van der Waals surface area (Å²) in [7, 11) is -6.84. The molecule has 1 rings (SSSR count). The van der Waals surface area contributed by atoms with Crippen molar-refractivity contribution in [3.05, 3.63) is 18.0 Å². The molecule has 0 aliphatic rings. The van der Waals surface area contributed by atoms with Gasteiger partial charge < -0.3 is 0 Å². The molecule has 9 heteroatoms. The lowest BCUT2D eigenvalue weighted by Crippen LogP contribution is -2.29. The summed E-state index contributed by atoms with van der Waals surface area (Å²) >= 11 is 0. The molecule has 1 heterocycles. The monoisotopic (exact) mass is 267 g/mol. The van der Waals surface area contributed by atoms with Gasteiger partial charge in [0.15, 0.2) is 0 Å². The molecule has 1 aromatic heterocycles. The third-order valence-corrected chi connectivity index (χ3v) is 4.29. The highest BCUT2D eigenvalue weighted by molar-refractivity contribution is 7.93. The Morgan fingerprint density at radius 1 is 1.31 bits per heavy atom. The molecular formula is C7H13N3O4S2. The lowest BCUT2D eigenvalue weighted by atomic mass is 10.4. The van der Waals surface area contributed by atoms with Crippen LogP contribution in [-0.2, 0) is 26.4 Å². The van der Waals surface area contributed by atoms with Crippen molar-refractivity contribution in [2.75, 3.05) is 17.8 Å². The zero-order valence-electron chi connectivity index (χ0n) is 8.67. The molecule has 0 amide bonds. The average Bonchev–Trinajstić information content (AvgIpc) is 2.64. The van der Waals surface area contributed by atoms with E-state index in [9.17, 15) is 16.8 Å². The lowest BCUT2D eigenvalue weighted by Gasteiger charge is -2.04. The van der Waals surface area contributed by atoms with Crippen molar-refractivity contribution in [3.8, 4) is 0 Å². The minimum absolute atomic E-state index is 0.0755. The maximum absolute atomic E-state index is 11.4. The van der Waals surface area contributed by atoms with Crippen molar-refractivity contribution in [1.29, 1.82) is 0 Å². The fourth-order valence-electron chi connectivity index (χ4n) is 0.904. The van der Waals surface area contributed by atoms with Crippen LogP contribution in [0.25, 0.3) is 0 Å². The molecule has 0 aromatic carbocycles. The molecule has 1 aromatic rings. The third kappa shape index (κ3) is 5.24. The van der Waals surface area contributed by atoms with E-state index in [-0.39, 0.29) is 12.3 Å². The van der Waals surface area contributed by atoms with Crippen molar-refractivity contribution in [2.24, 2.45) is 0 Å². The third-order valence-electron chi connectivity index (χ3n) is 1.76. The van der Waals surface area contributed by atoms with Crippen LogP contribution in [0.1, 0.15) is 5.69 Å². The SMILES string of the molecule is CS(=O)(=O)CCS(=O)(=O)NCc1ccn[nH]1. The van der Waals surface area contributed by atoms with Gasteiger partial charge in [-0.15, -0.1) is 0 Å². The Hall–Kier alpha value is -0.930. The number of rotatable bonds is 6. The van der Waals surface area contributed by atoms with E-state index in [1.54, 1.807) is 6.07 Å². The summed E-state index contributed by atoms with van der Waals surface area (Å²) in [6.45, 7) is 0.0755. The molecule has 2 N–H and O–H groups in total. The highest BCUT2D eigenvalue weighted by Crippen LogP contribution is 1.94. The molecule has 92 valence electrons. The Bertz CT molecular complexity index is 518. The van der Waals surface area contributed by atoms with E-state index in [4.69, 9.17) is 0 Å². The van der Waals surface area contributed by atoms with E-state index in [1.165, 1.54) is 6.20 Å². The minimum Gasteiger partial charge on any atom is -0.281 e. The molecule has 0 aliphatic carbocycles. The predicted octanol–water partition coefficient (Wildman–Crippen LogP) is -1.13. The van der Waals surface area contributed by atoms with Gasteiger partial charge in [0.25, 0.3) is 0 Å². The molecular weight excluding hydrogens is 254 g/mol. The van der Waals surface area contributed by atoms with E-state index in [1.807, 2.05) is 0 Å². The van der Waals surface area contributed by atoms with Crippen molar-refractivity contribution in [3.63, 3.8) is 0 Å². The normalized spacial score (nSPS) is 12.8. The fraction of sp³-hybridized carbons (Fsp3) is 0.571. The van der Waals surface area contributed by atoms with Crippen LogP contribution in [0, 0.1) is 0 Å². The molecule has 0 saturated carbocycles. The highest BCUT2D eigenvalue weighted by Gasteiger charge is 2.14. The summed E-state index contributed by atoms with van der Waals surface area (Å²) in [6.07, 6.45) is 2.50. The number of aromatic nitrogens is 2. The van der Waals surface area contributed by atoms with Crippen molar-refractivity contribution in [2.45, 2.75) is 6.54 Å². The van der Waals surface area contributed by atoms with E-state index >= 15 is 0 Å². The molecule has 7 nitrogen and oxygen atoms in total. The first-order chi connectivity index (χ1) is 7.29. The van der Waals surface area contributed by atoms with E-state index in [2.05, 4.69) is 14.9 Å². The number of sulfone groups is 1. The highest BCUT2D eigenvalue weighted by atomic mass is 32.2. The molecule has 0 bridgehead atoms. The largest absolute Gasteiger partial charge is 0.281 e. The summed E-state index contributed by atoms with van der Waals surface area (Å²) in [4.78, 5) is 0. The first-order valence-electron chi connectivity index (χ1n) is 4.42. The Balaban J connectivity index is 2.47. The van der Waals surface area contributed by atoms with Crippen LogP contribution >= 0.6 is 0 Å². The standard InChI is InChI=1S/C7H13N3O4S2/c1-15(11,12)4-5-16(13,14)9-6-7-2-3-8-10-7/h2-3,9H,4-6H2,1H3,(H,8,10). The van der Waals surface area contributed by atoms with Gasteiger partial charge in [-0.1, -0.05) is 0 Å². The van der Waals surface area contributed by atoms with Crippen molar-refractivity contribution >= 4 is 19.9 Å². The summed E-state index contributed by atoms with van der Waals surface area (Å²) in [5.74, 6) is -0.814. The second-order valence-electron chi connectivity index (χ2n) is 3.35. The van der Waals surface area contributed by atoms with Gasteiger partial charge in [0.05, 0.1) is 23.7 Å². The van der Waals surface area contributed by atoms with Gasteiger partial charge in [0.1, 0.15) is 9.84 Å². The number of nitrogens with zero attached hydrogens (tertiary/aromatic N) is 1. The lowest BCUT2D eigenvalue weighted by molar-refractivity contribution is 0.578. The Labute approximate surface area is 94.2 Å². The number of hydrogen-bond acceptors (Lipinski definition) is 5. The van der Waals surface area contributed by atoms with Crippen molar-refractivity contribution in [1.82, 2.24) is 14.9 Å². The quantitative estimate of drug-likeness (QED) is 0.678. The van der Waals surface area contributed by atoms with Crippen LogP contribution in [-0.4, -0.2) is 44.8 Å². The number of aromatic amines is 1. The van der Waals surface area contributed by atoms with Gasteiger partial charge in [-0.3, -0.25) is 5.10 Å². The summed E-state index contributed by atoms with van der Waals surface area (Å²) in [5.41, 5.74) is 0.614. The second kappa shape index (κ2) is 4.93. The molecule has 0 spiro atoms. The maximum atomic E-state index is 11.4. The smallest absolute Gasteiger partial charge is 0.212 e. The molecule has 0 atom stereocenters. The number of nitrogens with one attached hydrogen (secondary N) is 2. The molecule has 0 fully saturated rings. The van der Waals surface area contributed by atoms with Crippen LogP contribution < -0.4 is 4.72 Å².